The van der Waals surface area contributed by atoms with Crippen LogP contribution in [0, 0.1) is 0 Å². The van der Waals surface area contributed by atoms with Gasteiger partial charge in [0.1, 0.15) is 0 Å². The topological polar surface area (TPSA) is 57.8 Å². The summed E-state index contributed by atoms with van der Waals surface area (Å²) in [6.45, 7) is 0.489. The number of carbonyl (C=O) groups is 1. The van der Waals surface area contributed by atoms with Gasteiger partial charge < -0.3 is 14.4 Å². The van der Waals surface area contributed by atoms with Gasteiger partial charge in [-0.25, -0.2) is 9.78 Å². The van der Waals surface area contributed by atoms with Crippen LogP contribution in [0.15, 0.2) is 18.3 Å². The Bertz CT molecular complexity index is 577. The monoisotopic (exact) mass is 253 g/mol. The smallest absolute Gasteiger partial charge is 0.356 e. The normalized spacial score (nSPS) is 11.3. The molecule has 0 bridgehead atoms. The molecule has 0 aliphatic carbocycles. The fourth-order valence-electron chi connectivity index (χ4n) is 1.71. The maximum atomic E-state index is 11.1. The Balaban J connectivity index is 2.71. The predicted octanol–water partition coefficient (Wildman–Crippen LogP) is 1.75. The molecule has 0 aliphatic heterocycles. The lowest BCUT2D eigenvalue weighted by Crippen LogP contribution is -2.15. The molecule has 0 aromatic carbocycles. The van der Waals surface area contributed by atoms with E-state index in [9.17, 15) is 4.79 Å². The number of aromatic nitrogens is 2. The molecule has 1 N–H and O–H groups in total. The molecule has 0 saturated heterocycles. The molecule has 0 unspecified atom stereocenters. The number of hydrogen-bond donors (Lipinski definition) is 1. The van der Waals surface area contributed by atoms with Gasteiger partial charge in [-0.3, -0.25) is 0 Å². The van der Waals surface area contributed by atoms with Crippen molar-refractivity contribution in [2.45, 2.75) is 6.54 Å². The van der Waals surface area contributed by atoms with E-state index in [-0.39, 0.29) is 5.69 Å². The summed E-state index contributed by atoms with van der Waals surface area (Å²) in [6, 6.07) is 3.46. The van der Waals surface area contributed by atoms with Gasteiger partial charge in [0.25, 0.3) is 0 Å². The first kappa shape index (κ1) is 11.9. The standard InChI is InChI=1S/C11H12ClN3O2/c1-14(2)6-8-9(11(16)17)13-10-7(12)4-3-5-15(8)10/h3-5H,6H2,1-2H3,(H,16,17). The van der Waals surface area contributed by atoms with Crippen molar-refractivity contribution < 1.29 is 9.90 Å². The molecule has 2 aromatic heterocycles. The SMILES string of the molecule is CN(C)Cc1c(C(=O)O)nc2c(Cl)cccn12. The van der Waals surface area contributed by atoms with Crippen LogP contribution >= 0.6 is 11.6 Å². The highest BCUT2D eigenvalue weighted by atomic mass is 35.5. The first-order valence-electron chi connectivity index (χ1n) is 5.04. The molecule has 2 heterocycles. The van der Waals surface area contributed by atoms with Crippen molar-refractivity contribution >= 4 is 23.2 Å². The number of halogens is 1. The molecule has 0 spiro atoms. The van der Waals surface area contributed by atoms with E-state index in [4.69, 9.17) is 16.7 Å². The number of hydrogen-bond acceptors (Lipinski definition) is 3. The molecule has 0 radical (unpaired) electrons. The Kier molecular flexibility index (Phi) is 3.04. The maximum Gasteiger partial charge on any atom is 0.356 e. The third-order valence-electron chi connectivity index (χ3n) is 2.37. The third-order valence-corrected chi connectivity index (χ3v) is 2.66. The summed E-state index contributed by atoms with van der Waals surface area (Å²) in [4.78, 5) is 17.1. The zero-order valence-corrected chi connectivity index (χ0v) is 10.3. The summed E-state index contributed by atoms with van der Waals surface area (Å²) in [6.07, 6.45) is 1.76. The molecule has 0 atom stereocenters. The summed E-state index contributed by atoms with van der Waals surface area (Å²) >= 11 is 5.99. The highest BCUT2D eigenvalue weighted by Crippen LogP contribution is 2.20. The zero-order valence-electron chi connectivity index (χ0n) is 9.51. The molecule has 6 heteroatoms. The Hall–Kier alpha value is -1.59. The summed E-state index contributed by atoms with van der Waals surface area (Å²) in [5.74, 6) is -1.04. The Labute approximate surface area is 103 Å². The number of carboxylic acids is 1. The predicted molar refractivity (Wildman–Crippen MR) is 64.6 cm³/mol. The van der Waals surface area contributed by atoms with Crippen LogP contribution in [0.4, 0.5) is 0 Å². The summed E-state index contributed by atoms with van der Waals surface area (Å²) in [7, 11) is 3.74. The Morgan fingerprint density at radius 2 is 2.29 bits per heavy atom. The van der Waals surface area contributed by atoms with Crippen LogP contribution in [0.25, 0.3) is 5.65 Å². The van der Waals surface area contributed by atoms with Crippen LogP contribution in [0.1, 0.15) is 16.2 Å². The average molecular weight is 254 g/mol. The molecule has 0 amide bonds. The number of carboxylic acid groups (broad SMARTS) is 1. The van der Waals surface area contributed by atoms with Gasteiger partial charge in [-0.2, -0.15) is 0 Å². The number of fused-ring (bicyclic) bond motifs is 1. The lowest BCUT2D eigenvalue weighted by molar-refractivity contribution is 0.0689. The number of pyridine rings is 1. The molecule has 2 rings (SSSR count). The van der Waals surface area contributed by atoms with Crippen molar-refractivity contribution in [3.8, 4) is 0 Å². The fourth-order valence-corrected chi connectivity index (χ4v) is 1.91. The minimum Gasteiger partial charge on any atom is -0.476 e. The largest absolute Gasteiger partial charge is 0.476 e. The highest BCUT2D eigenvalue weighted by Gasteiger charge is 2.19. The summed E-state index contributed by atoms with van der Waals surface area (Å²) in [5, 5.41) is 9.58. The molecule has 2 aromatic rings. The molecule has 17 heavy (non-hydrogen) atoms. The van der Waals surface area contributed by atoms with Gasteiger partial charge in [0.05, 0.1) is 10.7 Å². The van der Waals surface area contributed by atoms with E-state index in [1.165, 1.54) is 0 Å². The van der Waals surface area contributed by atoms with Crippen LogP contribution in [0.3, 0.4) is 0 Å². The van der Waals surface area contributed by atoms with Crippen molar-refractivity contribution in [2.24, 2.45) is 0 Å². The van der Waals surface area contributed by atoms with Crippen LogP contribution in [0.5, 0.6) is 0 Å². The molecule has 5 nitrogen and oxygen atoms in total. The summed E-state index contributed by atoms with van der Waals surface area (Å²) in [5.41, 5.74) is 1.15. The second-order valence-corrected chi connectivity index (χ2v) is 4.41. The molecule has 90 valence electrons. The van der Waals surface area contributed by atoms with E-state index < -0.39 is 5.97 Å². The van der Waals surface area contributed by atoms with Gasteiger partial charge in [-0.1, -0.05) is 11.6 Å². The van der Waals surface area contributed by atoms with Crippen LogP contribution in [-0.2, 0) is 6.54 Å². The van der Waals surface area contributed by atoms with Crippen LogP contribution < -0.4 is 0 Å². The maximum absolute atomic E-state index is 11.1. The number of rotatable bonds is 3. The summed E-state index contributed by atoms with van der Waals surface area (Å²) < 4.78 is 1.71. The molecule has 0 aliphatic rings. The molecular weight excluding hydrogens is 242 g/mol. The van der Waals surface area contributed by atoms with E-state index in [1.807, 2.05) is 19.0 Å². The van der Waals surface area contributed by atoms with Gasteiger partial charge >= 0.3 is 5.97 Å². The van der Waals surface area contributed by atoms with E-state index in [0.717, 1.165) is 0 Å². The van der Waals surface area contributed by atoms with Gasteiger partial charge in [-0.15, -0.1) is 0 Å². The molecule has 0 fully saturated rings. The Morgan fingerprint density at radius 3 is 2.88 bits per heavy atom. The van der Waals surface area contributed by atoms with Gasteiger partial charge in [0.2, 0.25) is 0 Å². The van der Waals surface area contributed by atoms with Crippen molar-refractivity contribution in [1.82, 2.24) is 14.3 Å². The van der Waals surface area contributed by atoms with Gasteiger partial charge in [-0.05, 0) is 26.2 Å². The first-order chi connectivity index (χ1) is 8.00. The molecular formula is C11H12ClN3O2. The van der Waals surface area contributed by atoms with Crippen molar-refractivity contribution in [3.63, 3.8) is 0 Å². The highest BCUT2D eigenvalue weighted by molar-refractivity contribution is 6.33. The molecule has 0 saturated carbocycles. The van der Waals surface area contributed by atoms with Crippen molar-refractivity contribution in [3.05, 3.63) is 34.7 Å². The second kappa shape index (κ2) is 4.35. The van der Waals surface area contributed by atoms with Crippen LogP contribution in [-0.4, -0.2) is 39.5 Å². The minimum absolute atomic E-state index is 0.0480. The van der Waals surface area contributed by atoms with E-state index in [0.29, 0.717) is 22.9 Å². The van der Waals surface area contributed by atoms with Gasteiger partial charge in [0, 0.05) is 12.7 Å². The lowest BCUT2D eigenvalue weighted by atomic mass is 10.3. The Morgan fingerprint density at radius 1 is 1.59 bits per heavy atom. The van der Waals surface area contributed by atoms with E-state index >= 15 is 0 Å². The van der Waals surface area contributed by atoms with Gasteiger partial charge in [0.15, 0.2) is 11.3 Å². The zero-order chi connectivity index (χ0) is 12.6. The average Bonchev–Trinajstić information content (AvgIpc) is 2.58. The minimum atomic E-state index is -1.04. The first-order valence-corrected chi connectivity index (χ1v) is 5.42. The quantitative estimate of drug-likeness (QED) is 0.905. The van der Waals surface area contributed by atoms with Crippen LogP contribution in [0.2, 0.25) is 5.02 Å². The number of nitrogens with zero attached hydrogens (tertiary/aromatic N) is 3. The second-order valence-electron chi connectivity index (χ2n) is 4.00. The third kappa shape index (κ3) is 2.11. The van der Waals surface area contributed by atoms with Crippen molar-refractivity contribution in [2.75, 3.05) is 14.1 Å². The number of imidazole rings is 1. The van der Waals surface area contributed by atoms with E-state index in [2.05, 4.69) is 4.98 Å². The van der Waals surface area contributed by atoms with E-state index in [1.54, 1.807) is 22.7 Å². The van der Waals surface area contributed by atoms with Crippen molar-refractivity contribution in [1.29, 1.82) is 0 Å². The lowest BCUT2D eigenvalue weighted by Gasteiger charge is -2.09. The fraction of sp³-hybridized carbons (Fsp3) is 0.273. The number of aromatic carboxylic acids is 1.